The van der Waals surface area contributed by atoms with Crippen LogP contribution < -0.4 is 0 Å². The molecule has 0 aromatic carbocycles. The first kappa shape index (κ1) is 10.7. The van der Waals surface area contributed by atoms with Crippen LogP contribution in [-0.2, 0) is 0 Å². The first-order valence-corrected chi connectivity index (χ1v) is 4.82. The molecule has 0 aliphatic rings. The molecule has 0 rings (SSSR count). The van der Waals surface area contributed by atoms with Crippen molar-refractivity contribution in [3.63, 3.8) is 0 Å². The molecule has 0 saturated heterocycles. The van der Waals surface area contributed by atoms with Gasteiger partial charge in [0.15, 0.2) is 0 Å². The largest absolute Gasteiger partial charge is 0.0911 e. The molecule has 1 atom stereocenters. The Kier molecular flexibility index (Phi) is 5.27. The van der Waals surface area contributed by atoms with E-state index in [-0.39, 0.29) is 0 Å². The molecule has 1 unspecified atom stereocenters. The van der Waals surface area contributed by atoms with Crippen molar-refractivity contribution < 1.29 is 0 Å². The van der Waals surface area contributed by atoms with Crippen LogP contribution in [0, 0.1) is 5.41 Å². The summed E-state index contributed by atoms with van der Waals surface area (Å²) >= 11 is 0. The maximum atomic E-state index is 2.35. The summed E-state index contributed by atoms with van der Waals surface area (Å²) in [6.07, 6.45) is 9.80. The van der Waals surface area contributed by atoms with Gasteiger partial charge >= 0.3 is 0 Å². The molecule has 0 aromatic heterocycles. The van der Waals surface area contributed by atoms with Gasteiger partial charge in [0.1, 0.15) is 0 Å². The van der Waals surface area contributed by atoms with Gasteiger partial charge in [0.2, 0.25) is 0 Å². The second-order valence-corrected chi connectivity index (χ2v) is 3.61. The SMILES string of the molecule is CC=CC(C)(CC)CCCC. The van der Waals surface area contributed by atoms with E-state index in [1.54, 1.807) is 0 Å². The highest BCUT2D eigenvalue weighted by Gasteiger charge is 2.16. The Balaban J connectivity index is 3.88. The van der Waals surface area contributed by atoms with Gasteiger partial charge in [-0.1, -0.05) is 45.8 Å². The van der Waals surface area contributed by atoms with Gasteiger partial charge in [-0.25, -0.2) is 0 Å². The summed E-state index contributed by atoms with van der Waals surface area (Å²) in [5.74, 6) is 0. The second-order valence-electron chi connectivity index (χ2n) is 3.61. The Bertz CT molecular complexity index is 113. The zero-order chi connectivity index (χ0) is 8.74. The molecule has 0 nitrogen and oxygen atoms in total. The first-order chi connectivity index (χ1) is 5.18. The van der Waals surface area contributed by atoms with E-state index in [4.69, 9.17) is 0 Å². The lowest BCUT2D eigenvalue weighted by atomic mass is 9.82. The number of allylic oxidation sites excluding steroid dienone is 2. The Morgan fingerprint density at radius 3 is 2.27 bits per heavy atom. The number of hydrogen-bond donors (Lipinski definition) is 0. The van der Waals surface area contributed by atoms with E-state index in [0.717, 1.165) is 0 Å². The number of hydrogen-bond acceptors (Lipinski definition) is 0. The highest BCUT2D eigenvalue weighted by Crippen LogP contribution is 2.29. The van der Waals surface area contributed by atoms with E-state index in [0.29, 0.717) is 5.41 Å². The molecule has 0 fully saturated rings. The Hall–Kier alpha value is -0.260. The van der Waals surface area contributed by atoms with Crippen LogP contribution in [0.15, 0.2) is 12.2 Å². The molecule has 0 aromatic rings. The van der Waals surface area contributed by atoms with E-state index in [1.807, 2.05) is 0 Å². The lowest BCUT2D eigenvalue weighted by Gasteiger charge is -2.23. The summed E-state index contributed by atoms with van der Waals surface area (Å²) in [6.45, 7) is 8.99. The molecule has 0 heteroatoms. The molecule has 0 radical (unpaired) electrons. The Morgan fingerprint density at radius 2 is 1.91 bits per heavy atom. The van der Waals surface area contributed by atoms with E-state index >= 15 is 0 Å². The van der Waals surface area contributed by atoms with E-state index < -0.39 is 0 Å². The minimum absolute atomic E-state index is 0.463. The molecule has 11 heavy (non-hydrogen) atoms. The number of rotatable bonds is 5. The third kappa shape index (κ3) is 4.23. The highest BCUT2D eigenvalue weighted by atomic mass is 14.2. The quantitative estimate of drug-likeness (QED) is 0.521. The number of unbranched alkanes of at least 4 members (excludes halogenated alkanes) is 1. The molecule has 0 spiro atoms. The van der Waals surface area contributed by atoms with Gasteiger partial charge in [-0.3, -0.25) is 0 Å². The fourth-order valence-corrected chi connectivity index (χ4v) is 1.36. The minimum Gasteiger partial charge on any atom is -0.0911 e. The molecular weight excluding hydrogens is 132 g/mol. The van der Waals surface area contributed by atoms with E-state index in [1.165, 1.54) is 25.7 Å². The summed E-state index contributed by atoms with van der Waals surface area (Å²) < 4.78 is 0. The molecule has 66 valence electrons. The molecule has 0 aliphatic carbocycles. The topological polar surface area (TPSA) is 0 Å². The summed E-state index contributed by atoms with van der Waals surface area (Å²) in [7, 11) is 0. The predicted octanol–water partition coefficient (Wildman–Crippen LogP) is 4.17. The average molecular weight is 154 g/mol. The van der Waals surface area contributed by atoms with Crippen LogP contribution in [0.2, 0.25) is 0 Å². The maximum Gasteiger partial charge on any atom is -0.0149 e. The summed E-state index contributed by atoms with van der Waals surface area (Å²) in [5.41, 5.74) is 0.463. The molecular formula is C11H22. The zero-order valence-electron chi connectivity index (χ0n) is 8.48. The van der Waals surface area contributed by atoms with Crippen molar-refractivity contribution in [2.75, 3.05) is 0 Å². The van der Waals surface area contributed by atoms with Crippen LogP contribution >= 0.6 is 0 Å². The Morgan fingerprint density at radius 1 is 1.27 bits per heavy atom. The third-order valence-corrected chi connectivity index (χ3v) is 2.48. The second kappa shape index (κ2) is 5.40. The van der Waals surface area contributed by atoms with Gasteiger partial charge in [0, 0.05) is 0 Å². The van der Waals surface area contributed by atoms with E-state index in [2.05, 4.69) is 39.8 Å². The third-order valence-electron chi connectivity index (χ3n) is 2.48. The highest BCUT2D eigenvalue weighted by molar-refractivity contribution is 4.94. The van der Waals surface area contributed by atoms with Crippen LogP contribution in [0.4, 0.5) is 0 Å². The molecule has 0 N–H and O–H groups in total. The minimum atomic E-state index is 0.463. The van der Waals surface area contributed by atoms with Crippen molar-refractivity contribution >= 4 is 0 Å². The Labute approximate surface area is 71.7 Å². The van der Waals surface area contributed by atoms with Crippen molar-refractivity contribution in [3.05, 3.63) is 12.2 Å². The van der Waals surface area contributed by atoms with Crippen LogP contribution in [0.3, 0.4) is 0 Å². The normalized spacial score (nSPS) is 17.1. The van der Waals surface area contributed by atoms with Crippen LogP contribution in [-0.4, -0.2) is 0 Å². The van der Waals surface area contributed by atoms with Crippen molar-refractivity contribution in [2.45, 2.75) is 53.4 Å². The van der Waals surface area contributed by atoms with Gasteiger partial charge < -0.3 is 0 Å². The lowest BCUT2D eigenvalue weighted by molar-refractivity contribution is 0.363. The standard InChI is InChI=1S/C11H22/c1-5-8-10-11(4,7-3)9-6-2/h6,9H,5,7-8,10H2,1-4H3. The summed E-state index contributed by atoms with van der Waals surface area (Å²) in [4.78, 5) is 0. The van der Waals surface area contributed by atoms with Crippen LogP contribution in [0.1, 0.15) is 53.4 Å². The van der Waals surface area contributed by atoms with Crippen molar-refractivity contribution in [3.8, 4) is 0 Å². The van der Waals surface area contributed by atoms with Gasteiger partial charge in [0.05, 0.1) is 0 Å². The van der Waals surface area contributed by atoms with Crippen LogP contribution in [0.5, 0.6) is 0 Å². The predicted molar refractivity (Wildman–Crippen MR) is 52.7 cm³/mol. The molecule has 0 heterocycles. The van der Waals surface area contributed by atoms with Crippen molar-refractivity contribution in [2.24, 2.45) is 5.41 Å². The molecule has 0 amide bonds. The first-order valence-electron chi connectivity index (χ1n) is 4.82. The smallest absolute Gasteiger partial charge is 0.0149 e. The van der Waals surface area contributed by atoms with Gasteiger partial charge in [-0.2, -0.15) is 0 Å². The monoisotopic (exact) mass is 154 g/mol. The summed E-state index contributed by atoms with van der Waals surface area (Å²) in [5, 5.41) is 0. The van der Waals surface area contributed by atoms with Gasteiger partial charge in [0.25, 0.3) is 0 Å². The van der Waals surface area contributed by atoms with Crippen LogP contribution in [0.25, 0.3) is 0 Å². The van der Waals surface area contributed by atoms with Gasteiger partial charge in [-0.15, -0.1) is 0 Å². The average Bonchev–Trinajstić information content (AvgIpc) is 2.02. The molecule has 0 aliphatic heterocycles. The van der Waals surface area contributed by atoms with Gasteiger partial charge in [-0.05, 0) is 25.2 Å². The fraction of sp³-hybridized carbons (Fsp3) is 0.818. The maximum absolute atomic E-state index is 2.35. The fourth-order valence-electron chi connectivity index (χ4n) is 1.36. The zero-order valence-corrected chi connectivity index (χ0v) is 8.48. The van der Waals surface area contributed by atoms with Crippen molar-refractivity contribution in [1.29, 1.82) is 0 Å². The summed E-state index contributed by atoms with van der Waals surface area (Å²) in [6, 6.07) is 0. The van der Waals surface area contributed by atoms with E-state index in [9.17, 15) is 0 Å². The molecule has 0 saturated carbocycles. The lowest BCUT2D eigenvalue weighted by Crippen LogP contribution is -2.10. The molecule has 0 bridgehead atoms. The van der Waals surface area contributed by atoms with Crippen molar-refractivity contribution in [1.82, 2.24) is 0 Å².